The van der Waals surface area contributed by atoms with E-state index in [1.165, 1.54) is 11.6 Å². The largest absolute Gasteiger partial charge is 0.493 e. The molecule has 24 heteroatoms. The normalized spacial score (nSPS) is 23.5. The molecule has 8 aliphatic rings. The molecule has 1 spiro atoms. The topological polar surface area (TPSA) is 241 Å². The minimum absolute atomic E-state index is 0.0217. The molecule has 3 aromatic carbocycles. The summed E-state index contributed by atoms with van der Waals surface area (Å²) in [4.78, 5) is 51.5. The van der Waals surface area contributed by atoms with Crippen LogP contribution in [-0.4, -0.2) is 174 Å². The number of aromatic amines is 1. The second-order valence-corrected chi connectivity index (χ2v) is 26.8. The summed E-state index contributed by atoms with van der Waals surface area (Å²) in [6.07, 6.45) is 9.57. The van der Waals surface area contributed by atoms with Crippen LogP contribution in [0.15, 0.2) is 90.1 Å². The van der Waals surface area contributed by atoms with Gasteiger partial charge in [0.25, 0.3) is 21.6 Å². The molecular formula is C64H77N11O12S. The number of nitro benzene ring substituents is 1. The van der Waals surface area contributed by atoms with E-state index >= 15 is 0 Å². The number of morpholine rings is 1. The lowest BCUT2D eigenvalue weighted by atomic mass is 9.59. The molecule has 466 valence electrons. The minimum atomic E-state index is -4.73. The summed E-state index contributed by atoms with van der Waals surface area (Å²) in [6.45, 7) is 14.1. The van der Waals surface area contributed by atoms with Crippen LogP contribution in [0.25, 0.3) is 11.0 Å². The number of nitrogens with zero attached hydrogens (tertiary/aromatic N) is 8. The number of piperazine rings is 1. The first kappa shape index (κ1) is 58.2. The molecular weight excluding hydrogens is 1150 g/mol. The van der Waals surface area contributed by atoms with Crippen LogP contribution in [-0.2, 0) is 30.8 Å². The Morgan fingerprint density at radius 2 is 1.67 bits per heavy atom. The van der Waals surface area contributed by atoms with Gasteiger partial charge in [-0.25, -0.2) is 18.1 Å². The summed E-state index contributed by atoms with van der Waals surface area (Å²) >= 11 is 0. The first-order chi connectivity index (χ1) is 42.8. The lowest BCUT2D eigenvalue weighted by Crippen LogP contribution is -2.59. The lowest BCUT2D eigenvalue weighted by molar-refractivity contribution is -0.384. The Balaban J connectivity index is 0.721. The molecule has 5 saturated heterocycles. The quantitative estimate of drug-likeness (QED) is 0.0648. The SMILES string of the molecule is COc1cc(CN2CCN(C3CC4(CCN(c5ccc(C(=O)NS(=O)(=O)c6cc7c(c([N+](=O)[O-])c6)N[C@@H](C6CCOCC6)CO7)c(N6c7cc8cc[nH]c8nc7O[C@H]7COCC[C@@H]76)c5)CC4)C3)[C@@H](c3ccccc3OC(C)C)C2)cnc1N1CCOCC1. The Morgan fingerprint density at radius 1 is 0.875 bits per heavy atom. The fourth-order valence-corrected chi connectivity index (χ4v) is 15.8. The van der Waals surface area contributed by atoms with Crippen molar-refractivity contribution >= 4 is 61.2 Å². The van der Waals surface area contributed by atoms with Crippen LogP contribution in [0.2, 0.25) is 0 Å². The van der Waals surface area contributed by atoms with Gasteiger partial charge < -0.3 is 58.2 Å². The molecule has 10 heterocycles. The molecule has 4 atom stereocenters. The molecule has 3 N–H and O–H groups in total. The monoisotopic (exact) mass is 1220 g/mol. The Morgan fingerprint density at radius 3 is 2.47 bits per heavy atom. The van der Waals surface area contributed by atoms with Gasteiger partial charge in [0.2, 0.25) is 5.88 Å². The number of methoxy groups -OCH3 is 1. The Kier molecular flexibility index (Phi) is 16.0. The molecule has 6 aromatic rings. The zero-order valence-corrected chi connectivity index (χ0v) is 50.9. The molecule has 1 amide bonds. The lowest BCUT2D eigenvalue weighted by Gasteiger charge is -2.58. The second-order valence-electron chi connectivity index (χ2n) is 25.1. The van der Waals surface area contributed by atoms with E-state index in [1.807, 2.05) is 36.7 Å². The third-order valence-electron chi connectivity index (χ3n) is 19.4. The molecule has 7 aliphatic heterocycles. The number of nitro groups is 1. The molecule has 3 aromatic heterocycles. The summed E-state index contributed by atoms with van der Waals surface area (Å²) in [5.41, 5.74) is 4.83. The molecule has 14 rings (SSSR count). The van der Waals surface area contributed by atoms with E-state index in [2.05, 4.69) is 83.7 Å². The number of anilines is 5. The number of aromatic nitrogens is 3. The average molecular weight is 1220 g/mol. The maximum atomic E-state index is 15.0. The van der Waals surface area contributed by atoms with E-state index < -0.39 is 37.5 Å². The van der Waals surface area contributed by atoms with Crippen molar-refractivity contribution in [2.75, 3.05) is 119 Å². The number of amides is 1. The first-order valence-electron chi connectivity index (χ1n) is 31.1. The van der Waals surface area contributed by atoms with Crippen LogP contribution in [0.4, 0.5) is 34.3 Å². The molecule has 0 bridgehead atoms. The van der Waals surface area contributed by atoms with E-state index in [-0.39, 0.29) is 65.8 Å². The Bertz CT molecular complexity index is 3690. The summed E-state index contributed by atoms with van der Waals surface area (Å²) in [5, 5.41) is 16.8. The van der Waals surface area contributed by atoms with Gasteiger partial charge >= 0.3 is 0 Å². The maximum absolute atomic E-state index is 15.0. The second kappa shape index (κ2) is 24.1. The van der Waals surface area contributed by atoms with Gasteiger partial charge in [-0.2, -0.15) is 4.98 Å². The van der Waals surface area contributed by atoms with Crippen molar-refractivity contribution in [1.29, 1.82) is 0 Å². The number of para-hydroxylation sites is 1. The first-order valence-corrected chi connectivity index (χ1v) is 32.6. The highest BCUT2D eigenvalue weighted by molar-refractivity contribution is 7.90. The predicted molar refractivity (Wildman–Crippen MR) is 330 cm³/mol. The number of piperidine rings is 1. The summed E-state index contributed by atoms with van der Waals surface area (Å²) in [6, 6.07) is 22.4. The fraction of sp³-hybridized carbons (Fsp3) is 0.516. The number of sulfonamides is 1. The summed E-state index contributed by atoms with van der Waals surface area (Å²) < 4.78 is 73.5. The van der Waals surface area contributed by atoms with Crippen molar-refractivity contribution in [2.45, 2.75) is 107 Å². The molecule has 6 fully saturated rings. The van der Waals surface area contributed by atoms with E-state index in [4.69, 9.17) is 43.1 Å². The standard InChI is InChI=1S/C64H77N11O12S/c1-40(2)86-55-7-5-4-6-47(55)54-37-70(36-41-28-57(81-3)61(66-35-41)72-21-26-83-27-22-72)19-20-73(54)45-33-64(34-45)14-17-71(18-15-64)44-8-9-48(51(30-44)74-50-13-25-84-39-58(50)87-63-53(74)29-43-10-16-65-60(43)68-63)62(76)69-88(79,80)46-31-52(75(77)78)59-56(32-46)85-38-49(67-59)42-11-23-82-24-12-42/h4-10,16,28-32,35,40,42,45,49-50,54,58,67H,11-15,17-27,33-34,36-39H2,1-3H3,(H,65,68)(H,69,76)/t49-,50+,54-,58+/m1/s1. The number of ether oxygens (including phenoxy) is 7. The van der Waals surface area contributed by atoms with Crippen molar-refractivity contribution in [2.24, 2.45) is 11.3 Å². The van der Waals surface area contributed by atoms with Gasteiger partial charge in [-0.05, 0) is 118 Å². The third-order valence-corrected chi connectivity index (χ3v) is 20.7. The smallest absolute Gasteiger partial charge is 0.297 e. The zero-order chi connectivity index (χ0) is 60.3. The van der Waals surface area contributed by atoms with Gasteiger partial charge in [0.1, 0.15) is 29.8 Å². The number of pyridine rings is 2. The highest BCUT2D eigenvalue weighted by Crippen LogP contribution is 2.54. The van der Waals surface area contributed by atoms with Crippen molar-refractivity contribution in [3.05, 3.63) is 112 Å². The number of hydrogen-bond acceptors (Lipinski definition) is 20. The number of hydrogen-bond donors (Lipinski definition) is 3. The van der Waals surface area contributed by atoms with Gasteiger partial charge in [0.05, 0.1) is 72.2 Å². The molecule has 1 saturated carbocycles. The van der Waals surface area contributed by atoms with Crippen molar-refractivity contribution < 1.29 is 51.3 Å². The van der Waals surface area contributed by atoms with Crippen LogP contribution >= 0.6 is 0 Å². The number of benzene rings is 3. The highest BCUT2D eigenvalue weighted by atomic mass is 32.2. The van der Waals surface area contributed by atoms with Crippen LogP contribution < -0.4 is 43.7 Å². The van der Waals surface area contributed by atoms with E-state index in [0.717, 1.165) is 131 Å². The molecule has 88 heavy (non-hydrogen) atoms. The minimum Gasteiger partial charge on any atom is -0.493 e. The van der Waals surface area contributed by atoms with E-state index in [0.29, 0.717) is 68.4 Å². The van der Waals surface area contributed by atoms with Crippen molar-refractivity contribution in [3.63, 3.8) is 0 Å². The number of carbonyl (C=O) groups is 1. The molecule has 0 radical (unpaired) electrons. The Labute approximate surface area is 512 Å². The molecule has 0 unspecified atom stereocenters. The van der Waals surface area contributed by atoms with Crippen molar-refractivity contribution in [1.82, 2.24) is 29.5 Å². The number of nitrogens with one attached hydrogen (secondary N) is 3. The number of fused-ring (bicyclic) bond motifs is 4. The van der Waals surface area contributed by atoms with Crippen molar-refractivity contribution in [3.8, 4) is 23.1 Å². The van der Waals surface area contributed by atoms with E-state index in [9.17, 15) is 23.3 Å². The van der Waals surface area contributed by atoms with E-state index in [1.54, 1.807) is 13.2 Å². The number of H-pyrrole nitrogens is 1. The fourth-order valence-electron chi connectivity index (χ4n) is 14.8. The maximum Gasteiger partial charge on any atom is 0.297 e. The highest BCUT2D eigenvalue weighted by Gasteiger charge is 2.51. The van der Waals surface area contributed by atoms with Crippen LogP contribution in [0.1, 0.15) is 86.3 Å². The predicted octanol–water partition coefficient (Wildman–Crippen LogP) is 8.21. The zero-order valence-electron chi connectivity index (χ0n) is 50.1. The van der Waals surface area contributed by atoms with Gasteiger partial charge in [0, 0.05) is 119 Å². The number of rotatable bonds is 15. The average Bonchev–Trinajstić information content (AvgIpc) is 1.14. The number of carbonyl (C=O) groups excluding carboxylic acids is 1. The molecule has 1 aliphatic carbocycles. The van der Waals surface area contributed by atoms with Gasteiger partial charge in [0.15, 0.2) is 23.0 Å². The van der Waals surface area contributed by atoms with Crippen LogP contribution in [0.5, 0.6) is 23.1 Å². The third kappa shape index (κ3) is 11.4. The van der Waals surface area contributed by atoms with Gasteiger partial charge in [-0.15, -0.1) is 0 Å². The van der Waals surface area contributed by atoms with Crippen LogP contribution in [0.3, 0.4) is 0 Å². The summed E-state index contributed by atoms with van der Waals surface area (Å²) in [5.74, 6) is 2.20. The van der Waals surface area contributed by atoms with Gasteiger partial charge in [-0.3, -0.25) is 24.7 Å². The van der Waals surface area contributed by atoms with Gasteiger partial charge in [-0.1, -0.05) is 18.2 Å². The van der Waals surface area contributed by atoms with Crippen LogP contribution in [0, 0.1) is 21.4 Å². The Hall–Kier alpha value is -7.48. The molecule has 23 nitrogen and oxygen atoms in total. The summed E-state index contributed by atoms with van der Waals surface area (Å²) in [7, 11) is -3.01.